The lowest BCUT2D eigenvalue weighted by Crippen LogP contribution is -2.31. The molecule has 4 nitrogen and oxygen atoms in total. The number of benzene rings is 1. The highest BCUT2D eigenvalue weighted by atomic mass is 32.1. The fraction of sp³-hybridized carbons (Fsp3) is 0.316. The summed E-state index contributed by atoms with van der Waals surface area (Å²) < 4.78 is 5.84. The van der Waals surface area contributed by atoms with E-state index in [0.717, 1.165) is 43.1 Å². The molecule has 0 saturated heterocycles. The molecule has 0 aliphatic carbocycles. The van der Waals surface area contributed by atoms with Gasteiger partial charge in [-0.25, -0.2) is 4.98 Å². The molecule has 0 radical (unpaired) electrons. The summed E-state index contributed by atoms with van der Waals surface area (Å²) in [7, 11) is 0. The molecule has 2 heterocycles. The summed E-state index contributed by atoms with van der Waals surface area (Å²) in [5, 5.41) is 4.09. The first-order valence-corrected chi connectivity index (χ1v) is 9.16. The number of nitrogens with two attached hydrogens (primary N) is 1. The molecule has 126 valence electrons. The molecule has 0 aliphatic heterocycles. The van der Waals surface area contributed by atoms with Gasteiger partial charge in [-0.1, -0.05) is 30.3 Å². The van der Waals surface area contributed by atoms with E-state index in [1.54, 1.807) is 11.3 Å². The highest BCUT2D eigenvalue weighted by molar-refractivity contribution is 7.08. The summed E-state index contributed by atoms with van der Waals surface area (Å²) >= 11 is 1.65. The van der Waals surface area contributed by atoms with Gasteiger partial charge in [0, 0.05) is 37.1 Å². The van der Waals surface area contributed by atoms with Gasteiger partial charge in [0.15, 0.2) is 0 Å². The van der Waals surface area contributed by atoms with E-state index in [2.05, 4.69) is 39.5 Å². The van der Waals surface area contributed by atoms with E-state index >= 15 is 0 Å². The monoisotopic (exact) mass is 341 g/mol. The third-order valence-corrected chi connectivity index (χ3v) is 4.72. The summed E-state index contributed by atoms with van der Waals surface area (Å²) in [4.78, 5) is 7.03. The SMILES string of the molecule is Cc1oc(-c2ccsc2)nc1CN(CCN)CCc1ccccc1. The predicted molar refractivity (Wildman–Crippen MR) is 99.0 cm³/mol. The molecule has 0 amide bonds. The zero-order chi connectivity index (χ0) is 16.8. The van der Waals surface area contributed by atoms with E-state index in [4.69, 9.17) is 10.2 Å². The Morgan fingerprint density at radius 1 is 1.17 bits per heavy atom. The van der Waals surface area contributed by atoms with Crippen molar-refractivity contribution in [2.45, 2.75) is 19.9 Å². The van der Waals surface area contributed by atoms with Crippen LogP contribution in [0.4, 0.5) is 0 Å². The number of oxazole rings is 1. The van der Waals surface area contributed by atoms with E-state index in [1.807, 2.05) is 24.4 Å². The lowest BCUT2D eigenvalue weighted by atomic mass is 10.1. The molecule has 0 saturated carbocycles. The van der Waals surface area contributed by atoms with Crippen LogP contribution >= 0.6 is 11.3 Å². The molecule has 0 spiro atoms. The molecule has 0 unspecified atom stereocenters. The topological polar surface area (TPSA) is 55.3 Å². The summed E-state index contributed by atoms with van der Waals surface area (Å²) in [6.07, 6.45) is 1.01. The van der Waals surface area contributed by atoms with Gasteiger partial charge in [-0.3, -0.25) is 4.90 Å². The Morgan fingerprint density at radius 3 is 2.71 bits per heavy atom. The van der Waals surface area contributed by atoms with Crippen molar-refractivity contribution in [1.29, 1.82) is 0 Å². The van der Waals surface area contributed by atoms with E-state index < -0.39 is 0 Å². The molecule has 2 aromatic heterocycles. The first kappa shape index (κ1) is 16.9. The molecular formula is C19H23N3OS. The number of thiophene rings is 1. The van der Waals surface area contributed by atoms with Crippen molar-refractivity contribution >= 4 is 11.3 Å². The molecule has 0 atom stereocenters. The summed E-state index contributed by atoms with van der Waals surface area (Å²) in [6.45, 7) is 5.21. The lowest BCUT2D eigenvalue weighted by Gasteiger charge is -2.20. The molecule has 1 aromatic carbocycles. The van der Waals surface area contributed by atoms with Crippen LogP contribution in [0.15, 0.2) is 51.6 Å². The second-order valence-corrected chi connectivity index (χ2v) is 6.61. The van der Waals surface area contributed by atoms with Crippen LogP contribution in [0.5, 0.6) is 0 Å². The third kappa shape index (κ3) is 4.32. The third-order valence-electron chi connectivity index (χ3n) is 4.04. The van der Waals surface area contributed by atoms with Crippen molar-refractivity contribution in [3.8, 4) is 11.5 Å². The molecule has 0 bridgehead atoms. The highest BCUT2D eigenvalue weighted by Crippen LogP contribution is 2.24. The van der Waals surface area contributed by atoms with Crippen LogP contribution in [-0.2, 0) is 13.0 Å². The molecular weight excluding hydrogens is 318 g/mol. The average Bonchev–Trinajstić information content (AvgIpc) is 3.24. The van der Waals surface area contributed by atoms with Gasteiger partial charge in [-0.15, -0.1) is 0 Å². The number of aryl methyl sites for hydroxylation is 1. The van der Waals surface area contributed by atoms with Crippen LogP contribution in [0.25, 0.3) is 11.5 Å². The van der Waals surface area contributed by atoms with Gasteiger partial charge in [-0.05, 0) is 30.4 Å². The van der Waals surface area contributed by atoms with Gasteiger partial charge >= 0.3 is 0 Å². The molecule has 3 rings (SSSR count). The van der Waals surface area contributed by atoms with E-state index in [1.165, 1.54) is 5.56 Å². The fourth-order valence-electron chi connectivity index (χ4n) is 2.68. The molecule has 3 aromatic rings. The van der Waals surface area contributed by atoms with Crippen molar-refractivity contribution < 1.29 is 4.42 Å². The van der Waals surface area contributed by atoms with Gasteiger partial charge in [0.2, 0.25) is 5.89 Å². The predicted octanol–water partition coefficient (Wildman–Crippen LogP) is 3.71. The van der Waals surface area contributed by atoms with Crippen LogP contribution in [0.3, 0.4) is 0 Å². The Balaban J connectivity index is 1.67. The number of rotatable bonds is 8. The number of aromatic nitrogens is 1. The zero-order valence-corrected chi connectivity index (χ0v) is 14.8. The van der Waals surface area contributed by atoms with Gasteiger partial charge in [-0.2, -0.15) is 11.3 Å². The Bertz CT molecular complexity index is 737. The van der Waals surface area contributed by atoms with E-state index in [-0.39, 0.29) is 0 Å². The van der Waals surface area contributed by atoms with Crippen molar-refractivity contribution in [3.63, 3.8) is 0 Å². The quantitative estimate of drug-likeness (QED) is 0.678. The van der Waals surface area contributed by atoms with Crippen molar-refractivity contribution in [2.75, 3.05) is 19.6 Å². The van der Waals surface area contributed by atoms with Crippen LogP contribution in [0.1, 0.15) is 17.0 Å². The summed E-state index contributed by atoms with van der Waals surface area (Å²) in [5.74, 6) is 1.59. The summed E-state index contributed by atoms with van der Waals surface area (Å²) in [5.41, 5.74) is 9.17. The first-order chi connectivity index (χ1) is 11.8. The number of nitrogens with zero attached hydrogens (tertiary/aromatic N) is 2. The fourth-order valence-corrected chi connectivity index (χ4v) is 3.31. The van der Waals surface area contributed by atoms with Gasteiger partial charge in [0.25, 0.3) is 0 Å². The van der Waals surface area contributed by atoms with Crippen LogP contribution in [-0.4, -0.2) is 29.5 Å². The minimum absolute atomic E-state index is 0.642. The van der Waals surface area contributed by atoms with Gasteiger partial charge in [0.05, 0.1) is 5.69 Å². The van der Waals surface area contributed by atoms with Gasteiger partial charge in [0.1, 0.15) is 5.76 Å². The number of hydrogen-bond donors (Lipinski definition) is 1. The maximum Gasteiger partial charge on any atom is 0.227 e. The minimum Gasteiger partial charge on any atom is -0.441 e. The molecule has 0 aliphatic rings. The Morgan fingerprint density at radius 2 is 2.00 bits per heavy atom. The van der Waals surface area contributed by atoms with Gasteiger partial charge < -0.3 is 10.2 Å². The standard InChI is InChI=1S/C19H23N3OS/c1-15-18(21-19(23-15)17-8-12-24-14-17)13-22(11-9-20)10-7-16-5-3-2-4-6-16/h2-6,8,12,14H,7,9-11,13,20H2,1H3. The van der Waals surface area contributed by atoms with Crippen LogP contribution in [0.2, 0.25) is 0 Å². The minimum atomic E-state index is 0.642. The first-order valence-electron chi connectivity index (χ1n) is 8.21. The smallest absolute Gasteiger partial charge is 0.227 e. The number of hydrogen-bond acceptors (Lipinski definition) is 5. The van der Waals surface area contributed by atoms with E-state index in [9.17, 15) is 0 Å². The summed E-state index contributed by atoms with van der Waals surface area (Å²) in [6, 6.07) is 12.6. The molecule has 2 N–H and O–H groups in total. The lowest BCUT2D eigenvalue weighted by molar-refractivity contribution is 0.272. The van der Waals surface area contributed by atoms with Crippen molar-refractivity contribution in [3.05, 3.63) is 64.2 Å². The second kappa shape index (κ2) is 8.24. The maximum absolute atomic E-state index is 5.84. The largest absolute Gasteiger partial charge is 0.441 e. The average molecular weight is 341 g/mol. The van der Waals surface area contributed by atoms with Crippen LogP contribution in [0, 0.1) is 6.92 Å². The molecule has 0 fully saturated rings. The normalized spacial score (nSPS) is 11.3. The van der Waals surface area contributed by atoms with E-state index in [0.29, 0.717) is 12.4 Å². The Hall–Kier alpha value is -1.95. The van der Waals surface area contributed by atoms with Crippen molar-refractivity contribution in [1.82, 2.24) is 9.88 Å². The maximum atomic E-state index is 5.84. The van der Waals surface area contributed by atoms with Crippen molar-refractivity contribution in [2.24, 2.45) is 5.73 Å². The van der Waals surface area contributed by atoms with Crippen LogP contribution < -0.4 is 5.73 Å². The molecule has 5 heteroatoms. The zero-order valence-electron chi connectivity index (χ0n) is 13.9. The highest BCUT2D eigenvalue weighted by Gasteiger charge is 2.15. The Labute approximate surface area is 146 Å². The Kier molecular flexibility index (Phi) is 5.80. The second-order valence-electron chi connectivity index (χ2n) is 5.83. The molecule has 24 heavy (non-hydrogen) atoms.